The minimum Gasteiger partial charge on any atom is -0.350 e. The van der Waals surface area contributed by atoms with Crippen molar-refractivity contribution in [2.75, 3.05) is 0 Å². The van der Waals surface area contributed by atoms with Gasteiger partial charge in [-0.2, -0.15) is 0 Å². The van der Waals surface area contributed by atoms with Gasteiger partial charge in [0.2, 0.25) is 5.91 Å². The van der Waals surface area contributed by atoms with Crippen LogP contribution in [0.3, 0.4) is 0 Å². The topological polar surface area (TPSA) is 29.1 Å². The average molecular weight is 153 g/mol. The molecule has 11 heavy (non-hydrogen) atoms. The Morgan fingerprint density at radius 1 is 1.82 bits per heavy atom. The van der Waals surface area contributed by atoms with Gasteiger partial charge in [-0.05, 0) is 19.3 Å². The van der Waals surface area contributed by atoms with Crippen molar-refractivity contribution in [3.8, 4) is 0 Å². The summed E-state index contributed by atoms with van der Waals surface area (Å²) in [7, 11) is 0. The Hall–Kier alpha value is -0.790. The molecular weight excluding hydrogens is 138 g/mol. The highest BCUT2D eigenvalue weighted by molar-refractivity contribution is 5.79. The van der Waals surface area contributed by atoms with Gasteiger partial charge in [0.15, 0.2) is 0 Å². The van der Waals surface area contributed by atoms with Gasteiger partial charge >= 0.3 is 0 Å². The summed E-state index contributed by atoms with van der Waals surface area (Å²) in [6, 6.07) is 0. The lowest BCUT2D eigenvalue weighted by molar-refractivity contribution is -0.119. The third kappa shape index (κ3) is 1.62. The molecule has 1 heterocycles. The standard InChI is InChI=1S/C9H15NO/c1-3-6-9(4-2)7-5-8(11)10-9/h3H,1,4-7H2,2H3,(H,10,11). The van der Waals surface area contributed by atoms with Crippen molar-refractivity contribution in [1.29, 1.82) is 0 Å². The number of carbonyl (C=O) groups excluding carboxylic acids is 1. The highest BCUT2D eigenvalue weighted by Crippen LogP contribution is 2.27. The van der Waals surface area contributed by atoms with E-state index in [1.165, 1.54) is 0 Å². The fourth-order valence-electron chi connectivity index (χ4n) is 1.61. The van der Waals surface area contributed by atoms with E-state index < -0.39 is 0 Å². The lowest BCUT2D eigenvalue weighted by atomic mass is 9.91. The zero-order valence-corrected chi connectivity index (χ0v) is 7.02. The van der Waals surface area contributed by atoms with E-state index in [9.17, 15) is 4.79 Å². The maximum atomic E-state index is 10.9. The van der Waals surface area contributed by atoms with E-state index in [4.69, 9.17) is 0 Å². The van der Waals surface area contributed by atoms with Gasteiger partial charge in [0, 0.05) is 12.0 Å². The second kappa shape index (κ2) is 3.07. The second-order valence-electron chi connectivity index (χ2n) is 3.17. The van der Waals surface area contributed by atoms with Crippen molar-refractivity contribution in [2.24, 2.45) is 0 Å². The Balaban J connectivity index is 2.61. The third-order valence-corrected chi connectivity index (χ3v) is 2.45. The van der Waals surface area contributed by atoms with Crippen LogP contribution in [0.4, 0.5) is 0 Å². The monoisotopic (exact) mass is 153 g/mol. The minimum absolute atomic E-state index is 0.0405. The molecule has 1 aliphatic heterocycles. The van der Waals surface area contributed by atoms with Crippen molar-refractivity contribution in [2.45, 2.75) is 38.1 Å². The average Bonchev–Trinajstić information content (AvgIpc) is 2.34. The van der Waals surface area contributed by atoms with Crippen LogP contribution in [-0.4, -0.2) is 11.4 Å². The largest absolute Gasteiger partial charge is 0.350 e. The normalized spacial score (nSPS) is 30.1. The van der Waals surface area contributed by atoms with E-state index in [1.807, 2.05) is 6.08 Å². The summed E-state index contributed by atoms with van der Waals surface area (Å²) < 4.78 is 0. The molecule has 2 nitrogen and oxygen atoms in total. The van der Waals surface area contributed by atoms with Crippen molar-refractivity contribution in [1.82, 2.24) is 5.32 Å². The number of hydrogen-bond donors (Lipinski definition) is 1. The maximum absolute atomic E-state index is 10.9. The summed E-state index contributed by atoms with van der Waals surface area (Å²) in [4.78, 5) is 10.9. The number of hydrogen-bond acceptors (Lipinski definition) is 1. The highest BCUT2D eigenvalue weighted by atomic mass is 16.2. The third-order valence-electron chi connectivity index (χ3n) is 2.45. The van der Waals surface area contributed by atoms with Gasteiger partial charge in [-0.1, -0.05) is 13.0 Å². The SMILES string of the molecule is C=CCC1(CC)CCC(=O)N1. The van der Waals surface area contributed by atoms with Gasteiger partial charge in [0.05, 0.1) is 0 Å². The summed E-state index contributed by atoms with van der Waals surface area (Å²) in [5.41, 5.74) is 0.0405. The van der Waals surface area contributed by atoms with Gasteiger partial charge < -0.3 is 5.32 Å². The molecule has 0 aromatic heterocycles. The predicted molar refractivity (Wildman–Crippen MR) is 45.2 cm³/mol. The molecule has 0 aliphatic carbocycles. The Morgan fingerprint density at radius 2 is 2.55 bits per heavy atom. The van der Waals surface area contributed by atoms with Crippen molar-refractivity contribution in [3.05, 3.63) is 12.7 Å². The first-order chi connectivity index (χ1) is 5.22. The fourth-order valence-corrected chi connectivity index (χ4v) is 1.61. The van der Waals surface area contributed by atoms with E-state index in [0.29, 0.717) is 6.42 Å². The van der Waals surface area contributed by atoms with E-state index in [2.05, 4.69) is 18.8 Å². The lowest BCUT2D eigenvalue weighted by Gasteiger charge is -2.25. The van der Waals surface area contributed by atoms with Crippen LogP contribution in [0.1, 0.15) is 32.6 Å². The summed E-state index contributed by atoms with van der Waals surface area (Å²) in [5, 5.41) is 3.01. The van der Waals surface area contributed by atoms with Crippen LogP contribution >= 0.6 is 0 Å². The van der Waals surface area contributed by atoms with Crippen LogP contribution in [0.5, 0.6) is 0 Å². The molecule has 1 atom stereocenters. The molecule has 2 heteroatoms. The molecule has 1 N–H and O–H groups in total. The first kappa shape index (κ1) is 8.31. The molecule has 1 amide bonds. The summed E-state index contributed by atoms with van der Waals surface area (Å²) >= 11 is 0. The van der Waals surface area contributed by atoms with Gasteiger partial charge in [-0.25, -0.2) is 0 Å². The smallest absolute Gasteiger partial charge is 0.220 e. The van der Waals surface area contributed by atoms with Crippen molar-refractivity contribution in [3.63, 3.8) is 0 Å². The number of rotatable bonds is 3. The molecule has 0 saturated carbocycles. The zero-order chi connectivity index (χ0) is 8.32. The molecule has 0 bridgehead atoms. The molecule has 62 valence electrons. The second-order valence-corrected chi connectivity index (χ2v) is 3.17. The Labute approximate surface area is 67.7 Å². The van der Waals surface area contributed by atoms with E-state index in [0.717, 1.165) is 19.3 Å². The van der Waals surface area contributed by atoms with E-state index >= 15 is 0 Å². The predicted octanol–water partition coefficient (Wildman–Crippen LogP) is 1.62. The minimum atomic E-state index is 0.0405. The van der Waals surface area contributed by atoms with Crippen LogP contribution in [0.2, 0.25) is 0 Å². The van der Waals surface area contributed by atoms with E-state index in [-0.39, 0.29) is 11.4 Å². The van der Waals surface area contributed by atoms with Crippen LogP contribution in [0.15, 0.2) is 12.7 Å². The summed E-state index contributed by atoms with van der Waals surface area (Å²) in [6.07, 6.45) is 5.44. The molecule has 1 aliphatic rings. The number of nitrogens with one attached hydrogen (secondary N) is 1. The first-order valence-electron chi connectivity index (χ1n) is 4.14. The van der Waals surface area contributed by atoms with Gasteiger partial charge in [-0.3, -0.25) is 4.79 Å². The van der Waals surface area contributed by atoms with Crippen molar-refractivity contribution < 1.29 is 4.79 Å². The van der Waals surface area contributed by atoms with Crippen LogP contribution < -0.4 is 5.32 Å². The number of carbonyl (C=O) groups is 1. The molecule has 0 spiro atoms. The fraction of sp³-hybridized carbons (Fsp3) is 0.667. The van der Waals surface area contributed by atoms with Crippen LogP contribution in [0, 0.1) is 0 Å². The van der Waals surface area contributed by atoms with Gasteiger partial charge in [-0.15, -0.1) is 6.58 Å². The molecule has 1 rings (SSSR count). The molecule has 1 saturated heterocycles. The zero-order valence-electron chi connectivity index (χ0n) is 7.02. The Kier molecular flexibility index (Phi) is 2.32. The van der Waals surface area contributed by atoms with E-state index in [1.54, 1.807) is 0 Å². The quantitative estimate of drug-likeness (QED) is 0.613. The molecule has 0 aromatic carbocycles. The summed E-state index contributed by atoms with van der Waals surface area (Å²) in [6.45, 7) is 5.80. The number of amides is 1. The summed E-state index contributed by atoms with van der Waals surface area (Å²) in [5.74, 6) is 0.189. The van der Waals surface area contributed by atoms with Crippen LogP contribution in [0.25, 0.3) is 0 Å². The highest BCUT2D eigenvalue weighted by Gasteiger charge is 2.34. The molecular formula is C9H15NO. The molecule has 0 radical (unpaired) electrons. The first-order valence-corrected chi connectivity index (χ1v) is 4.14. The maximum Gasteiger partial charge on any atom is 0.220 e. The van der Waals surface area contributed by atoms with Gasteiger partial charge in [0.1, 0.15) is 0 Å². The Bertz CT molecular complexity index is 176. The Morgan fingerprint density at radius 3 is 2.91 bits per heavy atom. The van der Waals surface area contributed by atoms with Crippen LogP contribution in [-0.2, 0) is 4.79 Å². The molecule has 0 aromatic rings. The lowest BCUT2D eigenvalue weighted by Crippen LogP contribution is -2.40. The van der Waals surface area contributed by atoms with Gasteiger partial charge in [0.25, 0.3) is 0 Å². The molecule has 1 unspecified atom stereocenters. The molecule has 1 fully saturated rings. The van der Waals surface area contributed by atoms with Crippen molar-refractivity contribution >= 4 is 5.91 Å².